The summed E-state index contributed by atoms with van der Waals surface area (Å²) in [6.07, 6.45) is 9.48. The highest BCUT2D eigenvalue weighted by Gasteiger charge is 2.53. The van der Waals surface area contributed by atoms with Gasteiger partial charge in [-0.05, 0) is 74.2 Å². The van der Waals surface area contributed by atoms with E-state index in [2.05, 4.69) is 33.8 Å². The lowest BCUT2D eigenvalue weighted by Crippen LogP contribution is -2.51. The lowest BCUT2D eigenvalue weighted by Gasteiger charge is -2.58. The van der Waals surface area contributed by atoms with Crippen molar-refractivity contribution in [3.8, 4) is 0 Å². The highest BCUT2D eigenvalue weighted by atomic mass is 16.3. The fraction of sp³-hybridized carbons (Fsp3) is 0.800. The highest BCUT2D eigenvalue weighted by molar-refractivity contribution is 5.21. The van der Waals surface area contributed by atoms with Crippen LogP contribution in [0.2, 0.25) is 0 Å². The lowest BCUT2D eigenvalue weighted by molar-refractivity contribution is -0.0646. The van der Waals surface area contributed by atoms with Crippen LogP contribution in [0, 0.1) is 22.7 Å². The molecular formula is C20H34O2. The number of rotatable bonds is 4. The Morgan fingerprint density at radius 3 is 2.73 bits per heavy atom. The van der Waals surface area contributed by atoms with Crippen molar-refractivity contribution in [1.82, 2.24) is 0 Å². The normalized spacial score (nSPS) is 40.9. The predicted molar refractivity (Wildman–Crippen MR) is 92.6 cm³/mol. The summed E-state index contributed by atoms with van der Waals surface area (Å²) < 4.78 is 0. The minimum Gasteiger partial charge on any atom is -0.392 e. The highest BCUT2D eigenvalue weighted by Crippen LogP contribution is 2.61. The quantitative estimate of drug-likeness (QED) is 0.752. The van der Waals surface area contributed by atoms with Crippen molar-refractivity contribution >= 4 is 0 Å². The summed E-state index contributed by atoms with van der Waals surface area (Å²) in [5.74, 6) is 1.28. The van der Waals surface area contributed by atoms with Gasteiger partial charge in [0.2, 0.25) is 0 Å². The molecule has 2 rings (SSSR count). The molecule has 126 valence electrons. The Kier molecular flexibility index (Phi) is 5.23. The minimum atomic E-state index is -0.437. The van der Waals surface area contributed by atoms with Crippen molar-refractivity contribution in [2.75, 3.05) is 6.61 Å². The van der Waals surface area contributed by atoms with E-state index in [-0.39, 0.29) is 12.0 Å². The van der Waals surface area contributed by atoms with E-state index >= 15 is 0 Å². The molecule has 0 aromatic heterocycles. The third-order valence-corrected chi connectivity index (χ3v) is 7.17. The van der Waals surface area contributed by atoms with Gasteiger partial charge in [-0.15, -0.1) is 0 Å². The first-order chi connectivity index (χ1) is 10.3. The Labute approximate surface area is 136 Å². The molecular weight excluding hydrogens is 272 g/mol. The number of fused-ring (bicyclic) bond motifs is 1. The summed E-state index contributed by atoms with van der Waals surface area (Å²) in [4.78, 5) is 0. The molecule has 2 N–H and O–H groups in total. The zero-order valence-corrected chi connectivity index (χ0v) is 15.0. The van der Waals surface area contributed by atoms with Crippen molar-refractivity contribution < 1.29 is 10.2 Å². The SMILES string of the molecule is CC(=CCO)C(O)CC1(C)C(C)CCC2(C)C(C)=CCCC21. The first kappa shape index (κ1) is 17.7. The van der Waals surface area contributed by atoms with Gasteiger partial charge in [0.1, 0.15) is 0 Å². The number of allylic oxidation sites excluding steroid dienone is 2. The summed E-state index contributed by atoms with van der Waals surface area (Å²) in [5.41, 5.74) is 2.92. The van der Waals surface area contributed by atoms with Gasteiger partial charge in [-0.25, -0.2) is 0 Å². The molecule has 0 heterocycles. The summed E-state index contributed by atoms with van der Waals surface area (Å²) in [6.45, 7) is 11.4. The first-order valence-corrected chi connectivity index (χ1v) is 8.88. The van der Waals surface area contributed by atoms with Crippen LogP contribution in [0.1, 0.15) is 66.7 Å². The number of aliphatic hydroxyl groups is 2. The average molecular weight is 306 g/mol. The number of hydrogen-bond donors (Lipinski definition) is 2. The maximum Gasteiger partial charge on any atom is 0.0753 e. The fourth-order valence-electron chi connectivity index (χ4n) is 5.11. The van der Waals surface area contributed by atoms with Crippen LogP contribution in [0.3, 0.4) is 0 Å². The van der Waals surface area contributed by atoms with Gasteiger partial charge in [0, 0.05) is 0 Å². The van der Waals surface area contributed by atoms with Crippen LogP contribution in [0.5, 0.6) is 0 Å². The maximum atomic E-state index is 10.6. The van der Waals surface area contributed by atoms with E-state index < -0.39 is 6.10 Å². The van der Waals surface area contributed by atoms with Gasteiger partial charge >= 0.3 is 0 Å². The fourth-order valence-corrected chi connectivity index (χ4v) is 5.11. The van der Waals surface area contributed by atoms with Gasteiger partial charge in [-0.3, -0.25) is 0 Å². The van der Waals surface area contributed by atoms with Gasteiger partial charge in [0.05, 0.1) is 12.7 Å². The monoisotopic (exact) mass is 306 g/mol. The van der Waals surface area contributed by atoms with Crippen molar-refractivity contribution in [2.24, 2.45) is 22.7 Å². The van der Waals surface area contributed by atoms with Gasteiger partial charge in [0.15, 0.2) is 0 Å². The third kappa shape index (κ3) is 2.92. The Balaban J connectivity index is 2.30. The molecule has 0 spiro atoms. The molecule has 2 aliphatic rings. The molecule has 5 atom stereocenters. The van der Waals surface area contributed by atoms with E-state index in [1.54, 1.807) is 11.6 Å². The Hall–Kier alpha value is -0.600. The molecule has 2 nitrogen and oxygen atoms in total. The standard InChI is InChI=1S/C20H34O2/c1-14(10-12-21)17(22)13-20(5)16(3)9-11-19(4)15(2)7-6-8-18(19)20/h7,10,16-18,21-22H,6,8-9,11-13H2,1-5H3. The first-order valence-electron chi connectivity index (χ1n) is 8.88. The third-order valence-electron chi connectivity index (χ3n) is 7.17. The number of aliphatic hydroxyl groups excluding tert-OH is 2. The molecule has 2 heteroatoms. The Morgan fingerprint density at radius 1 is 1.41 bits per heavy atom. The second kappa shape index (κ2) is 6.49. The summed E-state index contributed by atoms with van der Waals surface area (Å²) in [5, 5.41) is 19.7. The van der Waals surface area contributed by atoms with Crippen LogP contribution in [-0.4, -0.2) is 22.9 Å². The maximum absolute atomic E-state index is 10.6. The molecule has 0 aromatic rings. The molecule has 0 aliphatic heterocycles. The summed E-state index contributed by atoms with van der Waals surface area (Å²) in [7, 11) is 0. The van der Waals surface area contributed by atoms with Crippen LogP contribution in [0.15, 0.2) is 23.3 Å². The summed E-state index contributed by atoms with van der Waals surface area (Å²) in [6, 6.07) is 0. The van der Waals surface area contributed by atoms with E-state index in [1.165, 1.54) is 25.7 Å². The van der Waals surface area contributed by atoms with Gasteiger partial charge < -0.3 is 10.2 Å². The van der Waals surface area contributed by atoms with Gasteiger partial charge in [0.25, 0.3) is 0 Å². The zero-order chi connectivity index (χ0) is 16.5. The predicted octanol–water partition coefficient (Wildman–Crippen LogP) is 4.47. The van der Waals surface area contributed by atoms with Crippen molar-refractivity contribution in [3.05, 3.63) is 23.3 Å². The van der Waals surface area contributed by atoms with E-state index in [1.807, 2.05) is 6.92 Å². The van der Waals surface area contributed by atoms with Crippen molar-refractivity contribution in [2.45, 2.75) is 72.8 Å². The molecule has 22 heavy (non-hydrogen) atoms. The van der Waals surface area contributed by atoms with Crippen LogP contribution in [0.25, 0.3) is 0 Å². The van der Waals surface area contributed by atoms with Gasteiger partial charge in [-0.1, -0.05) is 38.5 Å². The Bertz CT molecular complexity index is 464. The van der Waals surface area contributed by atoms with E-state index in [0.717, 1.165) is 12.0 Å². The molecule has 5 unspecified atom stereocenters. The lowest BCUT2D eigenvalue weighted by atomic mass is 9.47. The molecule has 0 saturated heterocycles. The van der Waals surface area contributed by atoms with Crippen LogP contribution >= 0.6 is 0 Å². The average Bonchev–Trinajstić information content (AvgIpc) is 2.46. The number of hydrogen-bond acceptors (Lipinski definition) is 2. The molecule has 0 aromatic carbocycles. The smallest absolute Gasteiger partial charge is 0.0753 e. The van der Waals surface area contributed by atoms with Gasteiger partial charge in [-0.2, -0.15) is 0 Å². The van der Waals surface area contributed by atoms with E-state index in [9.17, 15) is 5.11 Å². The summed E-state index contributed by atoms with van der Waals surface area (Å²) >= 11 is 0. The van der Waals surface area contributed by atoms with Crippen LogP contribution in [0.4, 0.5) is 0 Å². The van der Waals surface area contributed by atoms with Crippen molar-refractivity contribution in [1.29, 1.82) is 0 Å². The second-order valence-electron chi connectivity index (χ2n) is 8.23. The van der Waals surface area contributed by atoms with E-state index in [4.69, 9.17) is 5.11 Å². The minimum absolute atomic E-state index is 0.0121. The zero-order valence-electron chi connectivity index (χ0n) is 15.0. The second-order valence-corrected chi connectivity index (χ2v) is 8.23. The molecule has 2 aliphatic carbocycles. The largest absolute Gasteiger partial charge is 0.392 e. The molecule has 1 saturated carbocycles. The van der Waals surface area contributed by atoms with E-state index in [0.29, 0.717) is 17.3 Å². The topological polar surface area (TPSA) is 40.5 Å². The van der Waals surface area contributed by atoms with Crippen LogP contribution in [-0.2, 0) is 0 Å². The molecule has 0 bridgehead atoms. The molecule has 0 amide bonds. The van der Waals surface area contributed by atoms with Crippen molar-refractivity contribution in [3.63, 3.8) is 0 Å². The Morgan fingerprint density at radius 2 is 2.09 bits per heavy atom. The van der Waals surface area contributed by atoms with Crippen LogP contribution < -0.4 is 0 Å². The molecule has 0 radical (unpaired) electrons. The molecule has 1 fully saturated rings.